The molecule has 0 amide bonds. The Hall–Kier alpha value is -0.490. The molecule has 84 valence electrons. The van der Waals surface area contributed by atoms with Gasteiger partial charge in [0, 0.05) is 17.2 Å². The van der Waals surface area contributed by atoms with Crippen molar-refractivity contribution < 1.29 is 13.2 Å². The van der Waals surface area contributed by atoms with Gasteiger partial charge in [-0.1, -0.05) is 11.6 Å². The fourth-order valence-corrected chi connectivity index (χ4v) is 1.56. The van der Waals surface area contributed by atoms with Crippen molar-refractivity contribution in [3.05, 3.63) is 21.8 Å². The molecule has 0 fully saturated rings. The maximum Gasteiger partial charge on any atom is 0.390 e. The molecule has 1 aromatic heterocycles. The third-order valence-electron chi connectivity index (χ3n) is 1.51. The third-order valence-corrected chi connectivity index (χ3v) is 2.23. The summed E-state index contributed by atoms with van der Waals surface area (Å²) in [6.45, 7) is -0.238. The number of pyridine rings is 1. The van der Waals surface area contributed by atoms with Crippen LogP contribution in [0.25, 0.3) is 0 Å². The van der Waals surface area contributed by atoms with E-state index in [2.05, 4.69) is 26.2 Å². The van der Waals surface area contributed by atoms with Crippen molar-refractivity contribution >= 4 is 33.3 Å². The Morgan fingerprint density at radius 2 is 2.13 bits per heavy atom. The summed E-state index contributed by atoms with van der Waals surface area (Å²) < 4.78 is 36.1. The van der Waals surface area contributed by atoms with Crippen LogP contribution in [0.5, 0.6) is 0 Å². The summed E-state index contributed by atoms with van der Waals surface area (Å²) in [6, 6.07) is 1.56. The number of nitrogens with one attached hydrogen (secondary N) is 1. The van der Waals surface area contributed by atoms with Crippen LogP contribution in [0.15, 0.2) is 16.7 Å². The summed E-state index contributed by atoms with van der Waals surface area (Å²) in [5.74, 6) is 0.254. The van der Waals surface area contributed by atoms with E-state index in [1.54, 1.807) is 6.07 Å². The molecule has 0 spiro atoms. The fraction of sp³-hybridized carbons (Fsp3) is 0.375. The number of hydrogen-bond donors (Lipinski definition) is 1. The number of aromatic nitrogens is 1. The van der Waals surface area contributed by atoms with Gasteiger partial charge in [0.15, 0.2) is 0 Å². The summed E-state index contributed by atoms with van der Waals surface area (Å²) in [6.07, 6.45) is -3.63. The molecule has 0 bridgehead atoms. The maximum absolute atomic E-state index is 11.8. The Bertz CT molecular complexity index is 343. The van der Waals surface area contributed by atoms with Gasteiger partial charge in [0.1, 0.15) is 5.82 Å². The first-order valence-corrected chi connectivity index (χ1v) is 5.17. The molecule has 0 saturated carbocycles. The molecular formula is C8H7BrClF3N2. The Morgan fingerprint density at radius 3 is 2.67 bits per heavy atom. The molecule has 7 heteroatoms. The molecule has 0 aliphatic carbocycles. The van der Waals surface area contributed by atoms with Gasteiger partial charge in [-0.05, 0) is 22.0 Å². The van der Waals surface area contributed by atoms with Crippen LogP contribution < -0.4 is 5.32 Å². The second-order valence-corrected chi connectivity index (χ2v) is 4.10. The number of nitrogens with zero attached hydrogens (tertiary/aromatic N) is 1. The predicted octanol–water partition coefficient (Wildman–Crippen LogP) is 3.86. The van der Waals surface area contributed by atoms with Crippen LogP contribution in [0, 0.1) is 0 Å². The van der Waals surface area contributed by atoms with Gasteiger partial charge in [-0.25, -0.2) is 4.98 Å². The minimum Gasteiger partial charge on any atom is -0.368 e. The van der Waals surface area contributed by atoms with E-state index in [1.165, 1.54) is 6.20 Å². The molecule has 0 atom stereocenters. The van der Waals surface area contributed by atoms with Crippen molar-refractivity contribution in [1.82, 2.24) is 4.98 Å². The molecular weight excluding hydrogens is 296 g/mol. The van der Waals surface area contributed by atoms with Gasteiger partial charge in [0.05, 0.1) is 11.4 Å². The van der Waals surface area contributed by atoms with E-state index in [-0.39, 0.29) is 17.4 Å². The monoisotopic (exact) mass is 302 g/mol. The maximum atomic E-state index is 11.8. The second-order valence-electron chi connectivity index (χ2n) is 2.78. The third kappa shape index (κ3) is 4.70. The predicted molar refractivity (Wildman–Crippen MR) is 56.1 cm³/mol. The summed E-state index contributed by atoms with van der Waals surface area (Å²) in [5.41, 5.74) is 0. The van der Waals surface area contributed by atoms with E-state index in [0.29, 0.717) is 4.47 Å². The number of halogens is 5. The lowest BCUT2D eigenvalue weighted by Crippen LogP contribution is -2.15. The molecule has 1 heterocycles. The van der Waals surface area contributed by atoms with Gasteiger partial charge in [0.25, 0.3) is 0 Å². The largest absolute Gasteiger partial charge is 0.390 e. The number of hydrogen-bond acceptors (Lipinski definition) is 2. The highest BCUT2D eigenvalue weighted by Gasteiger charge is 2.26. The van der Waals surface area contributed by atoms with Crippen LogP contribution in [-0.4, -0.2) is 17.7 Å². The zero-order valence-electron chi connectivity index (χ0n) is 7.41. The molecule has 0 radical (unpaired) electrons. The van der Waals surface area contributed by atoms with E-state index < -0.39 is 12.6 Å². The van der Waals surface area contributed by atoms with Crippen molar-refractivity contribution in [1.29, 1.82) is 0 Å². The van der Waals surface area contributed by atoms with E-state index >= 15 is 0 Å². The van der Waals surface area contributed by atoms with Crippen LogP contribution in [0.3, 0.4) is 0 Å². The Balaban J connectivity index is 2.51. The van der Waals surface area contributed by atoms with Crippen molar-refractivity contribution in [2.45, 2.75) is 12.6 Å². The van der Waals surface area contributed by atoms with Gasteiger partial charge < -0.3 is 5.32 Å². The first-order chi connectivity index (χ1) is 6.88. The average Bonchev–Trinajstić information content (AvgIpc) is 2.07. The molecule has 0 aromatic carbocycles. The first-order valence-electron chi connectivity index (χ1n) is 4.00. The minimum absolute atomic E-state index is 0.238. The first kappa shape index (κ1) is 12.6. The molecule has 2 nitrogen and oxygen atoms in total. The molecule has 15 heavy (non-hydrogen) atoms. The van der Waals surface area contributed by atoms with Crippen LogP contribution in [0.4, 0.5) is 19.0 Å². The molecule has 0 aliphatic heterocycles. The lowest BCUT2D eigenvalue weighted by atomic mass is 10.4. The van der Waals surface area contributed by atoms with Crippen molar-refractivity contribution in [2.75, 3.05) is 11.9 Å². The van der Waals surface area contributed by atoms with Gasteiger partial charge in [0.2, 0.25) is 0 Å². The summed E-state index contributed by atoms with van der Waals surface area (Å²) in [5, 5.41) is 2.80. The highest BCUT2D eigenvalue weighted by Crippen LogP contribution is 2.24. The van der Waals surface area contributed by atoms with Gasteiger partial charge in [-0.15, -0.1) is 0 Å². The molecule has 0 aliphatic rings. The van der Waals surface area contributed by atoms with Crippen molar-refractivity contribution in [3.8, 4) is 0 Å². The number of anilines is 1. The van der Waals surface area contributed by atoms with Gasteiger partial charge in [-0.2, -0.15) is 13.2 Å². The van der Waals surface area contributed by atoms with Crippen molar-refractivity contribution in [2.24, 2.45) is 0 Å². The Kier molecular flexibility index (Phi) is 4.21. The quantitative estimate of drug-likeness (QED) is 0.917. The SMILES string of the molecule is FC(F)(F)CCNc1ncc(Br)cc1Cl. The highest BCUT2D eigenvalue weighted by atomic mass is 79.9. The lowest BCUT2D eigenvalue weighted by molar-refractivity contribution is -0.131. The smallest absolute Gasteiger partial charge is 0.368 e. The van der Waals surface area contributed by atoms with E-state index in [9.17, 15) is 13.2 Å². The Morgan fingerprint density at radius 1 is 1.47 bits per heavy atom. The lowest BCUT2D eigenvalue weighted by Gasteiger charge is -2.09. The molecule has 0 saturated heterocycles. The Labute approximate surface area is 98.0 Å². The summed E-state index contributed by atoms with van der Waals surface area (Å²) in [4.78, 5) is 3.84. The summed E-state index contributed by atoms with van der Waals surface area (Å²) >= 11 is 8.88. The molecule has 0 unspecified atom stereocenters. The normalized spacial score (nSPS) is 11.5. The topological polar surface area (TPSA) is 24.9 Å². The molecule has 1 rings (SSSR count). The number of rotatable bonds is 3. The van der Waals surface area contributed by atoms with Gasteiger partial charge >= 0.3 is 6.18 Å². The fourth-order valence-electron chi connectivity index (χ4n) is 0.867. The van der Waals surface area contributed by atoms with E-state index in [4.69, 9.17) is 11.6 Å². The highest BCUT2D eigenvalue weighted by molar-refractivity contribution is 9.10. The minimum atomic E-state index is -4.17. The average molecular weight is 304 g/mol. The molecule has 1 N–H and O–H groups in total. The molecule has 1 aromatic rings. The summed E-state index contributed by atoms with van der Waals surface area (Å²) in [7, 11) is 0. The van der Waals surface area contributed by atoms with Crippen LogP contribution in [0.1, 0.15) is 6.42 Å². The zero-order valence-corrected chi connectivity index (χ0v) is 9.75. The number of alkyl halides is 3. The van der Waals surface area contributed by atoms with E-state index in [0.717, 1.165) is 0 Å². The standard InChI is InChI=1S/C8H7BrClF3N2/c9-5-3-6(10)7(15-4-5)14-2-1-8(11,12)13/h3-4H,1-2H2,(H,14,15). The van der Waals surface area contributed by atoms with Crippen LogP contribution >= 0.6 is 27.5 Å². The van der Waals surface area contributed by atoms with Gasteiger partial charge in [-0.3, -0.25) is 0 Å². The second kappa shape index (κ2) is 5.03. The zero-order chi connectivity index (χ0) is 11.5. The van der Waals surface area contributed by atoms with Crippen molar-refractivity contribution in [3.63, 3.8) is 0 Å². The van der Waals surface area contributed by atoms with Crippen LogP contribution in [0.2, 0.25) is 5.02 Å². The van der Waals surface area contributed by atoms with Crippen LogP contribution in [-0.2, 0) is 0 Å². The van der Waals surface area contributed by atoms with E-state index in [1.807, 2.05) is 0 Å².